The lowest BCUT2D eigenvalue weighted by Crippen LogP contribution is -2.10. The predicted molar refractivity (Wildman–Crippen MR) is 75.3 cm³/mol. The zero-order valence-electron chi connectivity index (χ0n) is 11.8. The second kappa shape index (κ2) is 4.52. The van der Waals surface area contributed by atoms with Gasteiger partial charge in [-0.3, -0.25) is 4.79 Å². The average molecular weight is 256 g/mol. The number of carbonyl (C=O) groups excluding carboxylic acids is 1. The third-order valence-electron chi connectivity index (χ3n) is 4.48. The van der Waals surface area contributed by atoms with Crippen LogP contribution >= 0.6 is 0 Å². The van der Waals surface area contributed by atoms with Crippen LogP contribution in [-0.4, -0.2) is 5.97 Å². The van der Waals surface area contributed by atoms with Gasteiger partial charge in [-0.15, -0.1) is 0 Å². The zero-order chi connectivity index (χ0) is 13.6. The Bertz CT molecular complexity index is 533. The molecule has 2 bridgehead atoms. The highest BCUT2D eigenvalue weighted by Gasteiger charge is 2.37. The van der Waals surface area contributed by atoms with Crippen LogP contribution in [0.5, 0.6) is 5.75 Å². The average Bonchev–Trinajstić information content (AvgIpc) is 2.88. The summed E-state index contributed by atoms with van der Waals surface area (Å²) in [5.74, 6) is 2.56. The molecule has 2 nitrogen and oxygen atoms in total. The lowest BCUT2D eigenvalue weighted by molar-refractivity contribution is -0.131. The normalized spacial score (nSPS) is 27.8. The molecule has 3 rings (SSSR count). The second-order valence-corrected chi connectivity index (χ2v) is 5.95. The number of fused-ring (bicyclic) bond motifs is 2. The summed E-state index contributed by atoms with van der Waals surface area (Å²) in [6.45, 7) is 5.70. The number of ether oxygens (including phenoxy) is 1. The number of hydrogen-bond acceptors (Lipinski definition) is 2. The van der Waals surface area contributed by atoms with E-state index in [0.29, 0.717) is 17.6 Å². The van der Waals surface area contributed by atoms with E-state index in [1.807, 2.05) is 12.1 Å². The largest absolute Gasteiger partial charge is 0.427 e. The molecule has 0 aliphatic heterocycles. The molecule has 19 heavy (non-hydrogen) atoms. The summed E-state index contributed by atoms with van der Waals surface area (Å²) in [6, 6.07) is 4.00. The van der Waals surface area contributed by atoms with Crippen LogP contribution in [0.25, 0.3) is 0 Å². The van der Waals surface area contributed by atoms with Crippen molar-refractivity contribution in [1.29, 1.82) is 0 Å². The lowest BCUT2D eigenvalue weighted by atomic mass is 9.82. The number of hydrogen-bond donors (Lipinski definition) is 0. The van der Waals surface area contributed by atoms with Gasteiger partial charge in [0, 0.05) is 6.92 Å². The van der Waals surface area contributed by atoms with Crippen LogP contribution in [0.1, 0.15) is 42.4 Å². The fraction of sp³-hybridized carbons (Fsp3) is 0.471. The molecule has 1 aromatic carbocycles. The highest BCUT2D eigenvalue weighted by atomic mass is 16.5. The van der Waals surface area contributed by atoms with Crippen molar-refractivity contribution in [3.05, 3.63) is 41.0 Å². The summed E-state index contributed by atoms with van der Waals surface area (Å²) in [4.78, 5) is 11.0. The molecule has 0 N–H and O–H groups in total. The number of benzene rings is 1. The number of allylic oxidation sites excluding steroid dienone is 2. The van der Waals surface area contributed by atoms with Crippen LogP contribution in [0, 0.1) is 25.7 Å². The van der Waals surface area contributed by atoms with E-state index in [2.05, 4.69) is 26.0 Å². The van der Waals surface area contributed by atoms with E-state index in [9.17, 15) is 4.79 Å². The fourth-order valence-electron chi connectivity index (χ4n) is 3.86. The highest BCUT2D eigenvalue weighted by Crippen LogP contribution is 2.50. The van der Waals surface area contributed by atoms with E-state index in [4.69, 9.17) is 4.74 Å². The topological polar surface area (TPSA) is 26.3 Å². The molecule has 3 unspecified atom stereocenters. The molecule has 2 aliphatic carbocycles. The minimum atomic E-state index is -0.255. The molecule has 0 saturated heterocycles. The molecule has 100 valence electrons. The van der Waals surface area contributed by atoms with Crippen molar-refractivity contribution in [1.82, 2.24) is 0 Å². The molecule has 2 aliphatic rings. The van der Waals surface area contributed by atoms with E-state index in [1.165, 1.54) is 36.5 Å². The Morgan fingerprint density at radius 3 is 2.32 bits per heavy atom. The van der Waals surface area contributed by atoms with Crippen LogP contribution < -0.4 is 4.74 Å². The summed E-state index contributed by atoms with van der Waals surface area (Å²) < 4.78 is 5.20. The summed E-state index contributed by atoms with van der Waals surface area (Å²) in [6.07, 6.45) is 7.35. The standard InChI is InChI=1S/C17H20O2/c1-10-6-15(19-12(3)18)7-11(2)17(10)16-9-13-4-5-14(16)8-13/h4-7,13-14,16H,8-9H2,1-3H3. The first-order chi connectivity index (χ1) is 9.04. The van der Waals surface area contributed by atoms with E-state index < -0.39 is 0 Å². The Hall–Kier alpha value is -1.57. The maximum Gasteiger partial charge on any atom is 0.308 e. The summed E-state index contributed by atoms with van der Waals surface area (Å²) in [5, 5.41) is 0. The first-order valence-corrected chi connectivity index (χ1v) is 7.02. The number of aryl methyl sites for hydroxylation is 2. The SMILES string of the molecule is CC(=O)Oc1cc(C)c(C2CC3C=CC2C3)c(C)c1. The van der Waals surface area contributed by atoms with Crippen LogP contribution in [0.3, 0.4) is 0 Å². The van der Waals surface area contributed by atoms with Crippen molar-refractivity contribution in [2.45, 2.75) is 39.5 Å². The Morgan fingerprint density at radius 1 is 1.16 bits per heavy atom. The van der Waals surface area contributed by atoms with Crippen molar-refractivity contribution in [2.75, 3.05) is 0 Å². The lowest BCUT2D eigenvalue weighted by Gasteiger charge is -2.23. The van der Waals surface area contributed by atoms with Crippen molar-refractivity contribution in [3.63, 3.8) is 0 Å². The highest BCUT2D eigenvalue weighted by molar-refractivity contribution is 5.69. The number of rotatable bonds is 2. The molecular formula is C17H20O2. The Balaban J connectivity index is 1.94. The molecule has 1 aromatic rings. The minimum absolute atomic E-state index is 0.255. The van der Waals surface area contributed by atoms with Gasteiger partial charge in [0.2, 0.25) is 0 Å². The van der Waals surface area contributed by atoms with Gasteiger partial charge in [-0.1, -0.05) is 12.2 Å². The summed E-state index contributed by atoms with van der Waals surface area (Å²) in [7, 11) is 0. The molecule has 0 radical (unpaired) electrons. The number of esters is 1. The first-order valence-electron chi connectivity index (χ1n) is 7.02. The van der Waals surface area contributed by atoms with E-state index in [0.717, 1.165) is 5.92 Å². The summed E-state index contributed by atoms with van der Waals surface area (Å²) >= 11 is 0. The molecule has 0 aromatic heterocycles. The van der Waals surface area contributed by atoms with Gasteiger partial charge in [0.05, 0.1) is 0 Å². The molecule has 1 saturated carbocycles. The molecule has 1 fully saturated rings. The van der Waals surface area contributed by atoms with Gasteiger partial charge in [0.15, 0.2) is 0 Å². The molecule has 0 spiro atoms. The maximum atomic E-state index is 11.0. The van der Waals surface area contributed by atoms with Gasteiger partial charge in [-0.05, 0) is 73.3 Å². The van der Waals surface area contributed by atoms with Crippen LogP contribution in [0.2, 0.25) is 0 Å². The smallest absolute Gasteiger partial charge is 0.308 e. The number of carbonyl (C=O) groups is 1. The van der Waals surface area contributed by atoms with E-state index in [1.54, 1.807) is 0 Å². The Morgan fingerprint density at radius 2 is 1.84 bits per heavy atom. The monoisotopic (exact) mass is 256 g/mol. The molecule has 2 heteroatoms. The zero-order valence-corrected chi connectivity index (χ0v) is 11.8. The quantitative estimate of drug-likeness (QED) is 0.455. The van der Waals surface area contributed by atoms with Gasteiger partial charge >= 0.3 is 5.97 Å². The van der Waals surface area contributed by atoms with Crippen LogP contribution in [-0.2, 0) is 4.79 Å². The van der Waals surface area contributed by atoms with Gasteiger partial charge in [-0.2, -0.15) is 0 Å². The third kappa shape index (κ3) is 2.20. The van der Waals surface area contributed by atoms with Crippen molar-refractivity contribution in [3.8, 4) is 5.75 Å². The van der Waals surface area contributed by atoms with Gasteiger partial charge < -0.3 is 4.74 Å². The van der Waals surface area contributed by atoms with Gasteiger partial charge in [0.25, 0.3) is 0 Å². The second-order valence-electron chi connectivity index (χ2n) is 5.95. The van der Waals surface area contributed by atoms with E-state index >= 15 is 0 Å². The van der Waals surface area contributed by atoms with Crippen molar-refractivity contribution in [2.24, 2.45) is 11.8 Å². The van der Waals surface area contributed by atoms with Crippen LogP contribution in [0.4, 0.5) is 0 Å². The molecule has 0 heterocycles. The van der Waals surface area contributed by atoms with Crippen LogP contribution in [0.15, 0.2) is 24.3 Å². The third-order valence-corrected chi connectivity index (χ3v) is 4.48. The van der Waals surface area contributed by atoms with Crippen molar-refractivity contribution < 1.29 is 9.53 Å². The first kappa shape index (κ1) is 12.5. The molecular weight excluding hydrogens is 236 g/mol. The molecule has 3 atom stereocenters. The molecule has 0 amide bonds. The minimum Gasteiger partial charge on any atom is -0.427 e. The van der Waals surface area contributed by atoms with Crippen molar-refractivity contribution >= 4 is 5.97 Å². The van der Waals surface area contributed by atoms with Gasteiger partial charge in [0.1, 0.15) is 5.75 Å². The maximum absolute atomic E-state index is 11.0. The Kier molecular flexibility index (Phi) is 2.96. The predicted octanol–water partition coefficient (Wildman–Crippen LogP) is 3.91. The fourth-order valence-corrected chi connectivity index (χ4v) is 3.86. The summed E-state index contributed by atoms with van der Waals surface area (Å²) in [5.41, 5.74) is 3.97. The Labute approximate surface area is 114 Å². The van der Waals surface area contributed by atoms with Gasteiger partial charge in [-0.25, -0.2) is 0 Å². The van der Waals surface area contributed by atoms with E-state index in [-0.39, 0.29) is 5.97 Å².